The van der Waals surface area contributed by atoms with Crippen LogP contribution in [0.5, 0.6) is 0 Å². The maximum Gasteiger partial charge on any atom is 0.403 e. The molecule has 15 nitrogen and oxygen atoms in total. The lowest BCUT2D eigenvalue weighted by Crippen LogP contribution is -2.44. The molecule has 190 valence electrons. The van der Waals surface area contributed by atoms with Gasteiger partial charge in [0, 0.05) is 0 Å². The summed E-state index contributed by atoms with van der Waals surface area (Å²) in [5, 5.41) is 30.3. The second kappa shape index (κ2) is 9.64. The Labute approximate surface area is 197 Å². The molecule has 0 radical (unpaired) electrons. The summed E-state index contributed by atoms with van der Waals surface area (Å²) in [7, 11) is -4.16. The second-order valence-corrected chi connectivity index (χ2v) is 11.0. The van der Waals surface area contributed by atoms with Crippen LogP contribution >= 0.6 is 19.5 Å². The van der Waals surface area contributed by atoms with Crippen LogP contribution in [0.2, 0.25) is 0 Å². The van der Waals surface area contributed by atoms with E-state index in [1.165, 1.54) is 31.7 Å². The molecular formula is C17H27N6O9PS. The standard InChI is InChI=1S/C17H27N6O9PS/c1-16(2,5-24)14(27)34-7-31-33(19,29)30-4-8-10(25)17(3,28)13(32-8)23-6-20-9-11(23)21-15(18)22-12(9)26/h6,8,10,13,24-25,28H,4-5,7H2,1-3H3,(H2,19,29)(H3,18,21,22,26)/t8-,10-,13-,17-,33?/m1/s1. The highest BCUT2D eigenvalue weighted by Crippen LogP contribution is 2.44. The van der Waals surface area contributed by atoms with Crippen molar-refractivity contribution >= 4 is 41.7 Å². The van der Waals surface area contributed by atoms with Gasteiger partial charge in [-0.05, 0) is 20.8 Å². The van der Waals surface area contributed by atoms with Crippen LogP contribution in [0, 0.1) is 5.41 Å². The van der Waals surface area contributed by atoms with Gasteiger partial charge in [-0.3, -0.25) is 28.2 Å². The number of carbonyl (C=O) groups excluding carboxylic acids is 1. The predicted molar refractivity (Wildman–Crippen MR) is 120 cm³/mol. The van der Waals surface area contributed by atoms with E-state index in [1.807, 2.05) is 0 Å². The largest absolute Gasteiger partial charge is 0.403 e. The third-order valence-corrected chi connectivity index (χ3v) is 7.47. The van der Waals surface area contributed by atoms with E-state index in [0.29, 0.717) is 11.8 Å². The number of aliphatic hydroxyl groups is 3. The van der Waals surface area contributed by atoms with Gasteiger partial charge in [-0.1, -0.05) is 11.8 Å². The van der Waals surface area contributed by atoms with Crippen molar-refractivity contribution in [3.05, 3.63) is 16.7 Å². The quantitative estimate of drug-likeness (QED) is 0.172. The van der Waals surface area contributed by atoms with Gasteiger partial charge in [0.25, 0.3) is 5.56 Å². The number of carbonyl (C=O) groups is 1. The number of ether oxygens (including phenoxy) is 1. The second-order valence-electron chi connectivity index (χ2n) is 8.53. The number of aromatic nitrogens is 4. The van der Waals surface area contributed by atoms with Gasteiger partial charge < -0.3 is 25.8 Å². The number of fused-ring (bicyclic) bond motifs is 1. The molecule has 0 aliphatic carbocycles. The van der Waals surface area contributed by atoms with Crippen molar-refractivity contribution in [2.45, 2.75) is 44.8 Å². The zero-order valence-corrected chi connectivity index (χ0v) is 20.3. The molecule has 0 bridgehead atoms. The average Bonchev–Trinajstić information content (AvgIpc) is 3.25. The molecule has 2 aromatic rings. The first-order chi connectivity index (χ1) is 15.7. The van der Waals surface area contributed by atoms with Crippen LogP contribution in [0.3, 0.4) is 0 Å². The third kappa shape index (κ3) is 5.35. The third-order valence-electron chi connectivity index (χ3n) is 5.25. The van der Waals surface area contributed by atoms with Gasteiger partial charge in [-0.15, -0.1) is 0 Å². The number of imidazole rings is 1. The van der Waals surface area contributed by atoms with Crippen LogP contribution in [0.25, 0.3) is 11.2 Å². The number of anilines is 1. The summed E-state index contributed by atoms with van der Waals surface area (Å²) < 4.78 is 29.4. The molecule has 17 heteroatoms. The zero-order chi connectivity index (χ0) is 25.5. The molecule has 2 aromatic heterocycles. The first-order valence-electron chi connectivity index (χ1n) is 9.93. The SMILES string of the molecule is CC(C)(CO)C(=O)SCOP(N)(=O)OC[C@H]1O[C@@H](n2cnc3c(=O)[nH]c(N)nc32)[C@](C)(O)[C@@H]1O. The zero-order valence-electron chi connectivity index (χ0n) is 18.6. The van der Waals surface area contributed by atoms with E-state index in [0.717, 1.165) is 0 Å². The van der Waals surface area contributed by atoms with E-state index >= 15 is 0 Å². The minimum Gasteiger partial charge on any atom is -0.395 e. The Morgan fingerprint density at radius 2 is 2.15 bits per heavy atom. The maximum absolute atomic E-state index is 12.4. The highest BCUT2D eigenvalue weighted by atomic mass is 32.2. The van der Waals surface area contributed by atoms with E-state index in [9.17, 15) is 29.5 Å². The lowest BCUT2D eigenvalue weighted by molar-refractivity contribution is -0.119. The summed E-state index contributed by atoms with van der Waals surface area (Å²) in [5.74, 6) is -0.579. The summed E-state index contributed by atoms with van der Waals surface area (Å²) >= 11 is 0.666. The van der Waals surface area contributed by atoms with Crippen molar-refractivity contribution < 1.29 is 38.5 Å². The Morgan fingerprint density at radius 3 is 2.79 bits per heavy atom. The number of hydrogen-bond donors (Lipinski definition) is 6. The normalized spacial score (nSPS) is 27.2. The first kappa shape index (κ1) is 26.7. The number of nitrogens with zero attached hydrogens (tertiary/aromatic N) is 3. The number of nitrogen functional groups attached to an aromatic ring is 1. The number of nitrogens with two attached hydrogens (primary N) is 2. The minimum absolute atomic E-state index is 0.0145. The lowest BCUT2D eigenvalue weighted by Gasteiger charge is -2.27. The van der Waals surface area contributed by atoms with Gasteiger partial charge in [0.05, 0.1) is 25.0 Å². The van der Waals surface area contributed by atoms with E-state index in [1.54, 1.807) is 0 Å². The summed E-state index contributed by atoms with van der Waals surface area (Å²) in [6.07, 6.45) is -2.81. The molecule has 1 aliphatic rings. The fourth-order valence-corrected chi connectivity index (χ4v) is 4.91. The number of nitrogens with one attached hydrogen (secondary N) is 1. The van der Waals surface area contributed by atoms with E-state index in [-0.39, 0.29) is 23.7 Å². The average molecular weight is 522 g/mol. The monoisotopic (exact) mass is 522 g/mol. The molecular weight excluding hydrogens is 495 g/mol. The minimum atomic E-state index is -4.16. The van der Waals surface area contributed by atoms with E-state index < -0.39 is 60.4 Å². The van der Waals surface area contributed by atoms with Crippen LogP contribution in [-0.4, -0.2) is 76.9 Å². The summed E-state index contributed by atoms with van der Waals surface area (Å²) in [5.41, 5.74) is 7.56. The topological polar surface area (TPSA) is 238 Å². The molecule has 0 aromatic carbocycles. The maximum atomic E-state index is 12.4. The highest BCUT2D eigenvalue weighted by Gasteiger charge is 2.54. The van der Waals surface area contributed by atoms with Gasteiger partial charge >= 0.3 is 7.75 Å². The van der Waals surface area contributed by atoms with Crippen LogP contribution in [0.4, 0.5) is 5.95 Å². The predicted octanol–water partition coefficient (Wildman–Crippen LogP) is -0.953. The molecule has 1 fully saturated rings. The van der Waals surface area contributed by atoms with E-state index in [4.69, 9.17) is 25.0 Å². The summed E-state index contributed by atoms with van der Waals surface area (Å²) in [4.78, 5) is 34.2. The van der Waals surface area contributed by atoms with Crippen LogP contribution in [0.15, 0.2) is 11.1 Å². The van der Waals surface area contributed by atoms with Crippen molar-refractivity contribution in [2.24, 2.45) is 10.9 Å². The highest BCUT2D eigenvalue weighted by molar-refractivity contribution is 8.13. The Bertz CT molecular complexity index is 1170. The number of H-pyrrole nitrogens is 1. The van der Waals surface area contributed by atoms with Gasteiger partial charge in [-0.25, -0.2) is 15.1 Å². The Balaban J connectivity index is 1.66. The molecule has 5 atom stereocenters. The molecule has 3 rings (SSSR count). The van der Waals surface area contributed by atoms with Crippen molar-refractivity contribution in [3.8, 4) is 0 Å². The number of aliphatic hydroxyl groups excluding tert-OH is 2. The summed E-state index contributed by atoms with van der Waals surface area (Å²) in [6, 6.07) is 0. The van der Waals surface area contributed by atoms with Crippen molar-refractivity contribution in [3.63, 3.8) is 0 Å². The fourth-order valence-electron chi connectivity index (χ4n) is 3.12. The van der Waals surface area contributed by atoms with Gasteiger partial charge in [-0.2, -0.15) is 4.98 Å². The van der Waals surface area contributed by atoms with Crippen LogP contribution in [-0.2, 0) is 23.1 Å². The van der Waals surface area contributed by atoms with Crippen molar-refractivity contribution in [2.75, 3.05) is 24.9 Å². The molecule has 1 unspecified atom stereocenters. The molecule has 3 heterocycles. The summed E-state index contributed by atoms with van der Waals surface area (Å²) in [6.45, 7) is 3.44. The number of aromatic amines is 1. The fraction of sp³-hybridized carbons (Fsp3) is 0.647. The van der Waals surface area contributed by atoms with Crippen LogP contribution in [0.1, 0.15) is 27.0 Å². The van der Waals surface area contributed by atoms with Gasteiger partial charge in [0.15, 0.2) is 22.5 Å². The van der Waals surface area contributed by atoms with Gasteiger partial charge in [0.1, 0.15) is 23.7 Å². The molecule has 34 heavy (non-hydrogen) atoms. The number of thioether (sulfide) groups is 1. The smallest absolute Gasteiger partial charge is 0.395 e. The van der Waals surface area contributed by atoms with Gasteiger partial charge in [0.2, 0.25) is 5.95 Å². The molecule has 0 spiro atoms. The Kier molecular flexibility index (Phi) is 7.58. The van der Waals surface area contributed by atoms with Crippen LogP contribution < -0.4 is 16.8 Å². The number of hydrogen-bond acceptors (Lipinski definition) is 13. The van der Waals surface area contributed by atoms with Crippen molar-refractivity contribution in [1.82, 2.24) is 19.5 Å². The van der Waals surface area contributed by atoms with Crippen molar-refractivity contribution in [1.29, 1.82) is 0 Å². The molecule has 0 saturated carbocycles. The Morgan fingerprint density at radius 1 is 1.47 bits per heavy atom. The number of rotatable bonds is 9. The molecule has 1 aliphatic heterocycles. The molecule has 1 saturated heterocycles. The van der Waals surface area contributed by atoms with E-state index in [2.05, 4.69) is 15.0 Å². The molecule has 0 amide bonds. The molecule has 8 N–H and O–H groups in total. The lowest BCUT2D eigenvalue weighted by atomic mass is 9.96. The Hall–Kier alpha value is -1.88. The first-order valence-corrected chi connectivity index (χ1v) is 12.5.